The van der Waals surface area contributed by atoms with E-state index in [1.807, 2.05) is 39.0 Å². The zero-order valence-electron chi connectivity index (χ0n) is 17.2. The second-order valence-electron chi connectivity index (χ2n) is 7.67. The molecule has 1 atom stereocenters. The Hall–Kier alpha value is -2.33. The molecule has 1 heterocycles. The van der Waals surface area contributed by atoms with E-state index in [0.717, 1.165) is 43.0 Å². The lowest BCUT2D eigenvalue weighted by Gasteiger charge is -2.39. The van der Waals surface area contributed by atoms with Gasteiger partial charge in [0.1, 0.15) is 0 Å². The first kappa shape index (κ1) is 19.4. The summed E-state index contributed by atoms with van der Waals surface area (Å²) >= 11 is 0. The molecule has 1 aliphatic rings. The molecule has 4 heteroatoms. The van der Waals surface area contributed by atoms with E-state index in [9.17, 15) is 4.79 Å². The van der Waals surface area contributed by atoms with E-state index in [-0.39, 0.29) is 11.9 Å². The third kappa shape index (κ3) is 4.16. The topological polar surface area (TPSA) is 35.6 Å². The molecule has 1 fully saturated rings. The number of carbonyl (C=O) groups is 1. The molecule has 0 aromatic heterocycles. The number of nitrogens with one attached hydrogen (secondary N) is 1. The van der Waals surface area contributed by atoms with E-state index in [1.165, 1.54) is 16.8 Å². The van der Waals surface area contributed by atoms with Crippen molar-refractivity contribution < 1.29 is 4.79 Å². The van der Waals surface area contributed by atoms with Gasteiger partial charge in [-0.1, -0.05) is 30.3 Å². The van der Waals surface area contributed by atoms with E-state index in [4.69, 9.17) is 0 Å². The summed E-state index contributed by atoms with van der Waals surface area (Å²) in [6.45, 7) is 14.1. The Labute approximate surface area is 163 Å². The molecule has 3 rings (SSSR count). The van der Waals surface area contributed by atoms with Gasteiger partial charge in [-0.05, 0) is 62.9 Å². The number of para-hydroxylation sites is 1. The smallest absolute Gasteiger partial charge is 0.241 e. The van der Waals surface area contributed by atoms with Gasteiger partial charge in [0.25, 0.3) is 0 Å². The van der Waals surface area contributed by atoms with Crippen molar-refractivity contribution in [2.45, 2.75) is 40.7 Å². The maximum absolute atomic E-state index is 12.8. The Balaban J connectivity index is 1.62. The lowest BCUT2D eigenvalue weighted by molar-refractivity contribution is -0.120. The van der Waals surface area contributed by atoms with Gasteiger partial charge in [-0.25, -0.2) is 0 Å². The minimum absolute atomic E-state index is 0.0765. The standard InChI is InChI=1S/C23H31N3O/c1-16-8-7-11-21(19(16)4)26-14-12-25(13-15-26)20(5)23(27)24-22-17(2)9-6-10-18(22)3/h6-11,20H,12-15H2,1-5H3,(H,24,27)/t20-/m1/s1. The molecule has 1 saturated heterocycles. The maximum Gasteiger partial charge on any atom is 0.241 e. The quantitative estimate of drug-likeness (QED) is 0.887. The number of benzene rings is 2. The Kier molecular flexibility index (Phi) is 5.85. The molecule has 2 aromatic rings. The Bertz CT molecular complexity index is 802. The first-order valence-electron chi connectivity index (χ1n) is 9.80. The molecule has 1 amide bonds. The van der Waals surface area contributed by atoms with Crippen molar-refractivity contribution in [3.05, 3.63) is 58.7 Å². The molecule has 0 unspecified atom stereocenters. The Morgan fingerprint density at radius 1 is 0.889 bits per heavy atom. The predicted octanol–water partition coefficient (Wildman–Crippen LogP) is 4.07. The number of anilines is 2. The highest BCUT2D eigenvalue weighted by molar-refractivity contribution is 5.95. The highest BCUT2D eigenvalue weighted by Crippen LogP contribution is 2.25. The summed E-state index contributed by atoms with van der Waals surface area (Å²) in [7, 11) is 0. The summed E-state index contributed by atoms with van der Waals surface area (Å²) in [4.78, 5) is 17.5. The van der Waals surface area contributed by atoms with E-state index >= 15 is 0 Å². The Morgan fingerprint density at radius 3 is 2.07 bits per heavy atom. The molecule has 1 aliphatic heterocycles. The molecule has 4 nitrogen and oxygen atoms in total. The minimum Gasteiger partial charge on any atom is -0.369 e. The van der Waals surface area contributed by atoms with Crippen molar-refractivity contribution in [3.63, 3.8) is 0 Å². The first-order valence-corrected chi connectivity index (χ1v) is 9.80. The average Bonchev–Trinajstić information content (AvgIpc) is 2.66. The van der Waals surface area contributed by atoms with Crippen LogP contribution in [-0.2, 0) is 4.79 Å². The maximum atomic E-state index is 12.8. The van der Waals surface area contributed by atoms with Gasteiger partial charge in [-0.3, -0.25) is 9.69 Å². The largest absolute Gasteiger partial charge is 0.369 e. The van der Waals surface area contributed by atoms with Crippen molar-refractivity contribution in [2.24, 2.45) is 0 Å². The van der Waals surface area contributed by atoms with Crippen LogP contribution in [0, 0.1) is 27.7 Å². The summed E-state index contributed by atoms with van der Waals surface area (Å²) < 4.78 is 0. The van der Waals surface area contributed by atoms with Crippen molar-refractivity contribution in [1.29, 1.82) is 0 Å². The third-order valence-electron chi connectivity index (χ3n) is 5.89. The summed E-state index contributed by atoms with van der Waals surface area (Å²) in [5.41, 5.74) is 7.17. The number of amides is 1. The fourth-order valence-electron chi connectivity index (χ4n) is 3.83. The predicted molar refractivity (Wildman–Crippen MR) is 114 cm³/mol. The second-order valence-corrected chi connectivity index (χ2v) is 7.67. The molecule has 0 aliphatic carbocycles. The van der Waals surface area contributed by atoms with Gasteiger partial charge < -0.3 is 10.2 Å². The summed E-state index contributed by atoms with van der Waals surface area (Å²) in [5, 5.41) is 3.14. The third-order valence-corrected chi connectivity index (χ3v) is 5.89. The Morgan fingerprint density at radius 2 is 1.44 bits per heavy atom. The van der Waals surface area contributed by atoms with Gasteiger partial charge in [0, 0.05) is 37.6 Å². The van der Waals surface area contributed by atoms with Crippen LogP contribution in [0.1, 0.15) is 29.2 Å². The van der Waals surface area contributed by atoms with Crippen LogP contribution in [-0.4, -0.2) is 43.0 Å². The summed E-state index contributed by atoms with van der Waals surface area (Å²) in [6.07, 6.45) is 0. The molecular weight excluding hydrogens is 334 g/mol. The molecule has 0 saturated carbocycles. The molecule has 2 aromatic carbocycles. The van der Waals surface area contributed by atoms with Crippen LogP contribution in [0.15, 0.2) is 36.4 Å². The van der Waals surface area contributed by atoms with Gasteiger partial charge in [0.05, 0.1) is 6.04 Å². The number of hydrogen-bond donors (Lipinski definition) is 1. The van der Waals surface area contributed by atoms with Crippen LogP contribution in [0.25, 0.3) is 0 Å². The van der Waals surface area contributed by atoms with E-state index in [2.05, 4.69) is 47.2 Å². The zero-order chi connectivity index (χ0) is 19.6. The van der Waals surface area contributed by atoms with E-state index < -0.39 is 0 Å². The minimum atomic E-state index is -0.134. The molecule has 0 radical (unpaired) electrons. The molecular formula is C23H31N3O. The molecule has 27 heavy (non-hydrogen) atoms. The highest BCUT2D eigenvalue weighted by Gasteiger charge is 2.26. The monoisotopic (exact) mass is 365 g/mol. The normalized spacial score (nSPS) is 16.3. The lowest BCUT2D eigenvalue weighted by atomic mass is 10.1. The van der Waals surface area contributed by atoms with Crippen molar-refractivity contribution in [1.82, 2.24) is 4.90 Å². The van der Waals surface area contributed by atoms with Gasteiger partial charge in [0.2, 0.25) is 5.91 Å². The number of carbonyl (C=O) groups excluding carboxylic acids is 1. The van der Waals surface area contributed by atoms with Crippen LogP contribution in [0.2, 0.25) is 0 Å². The summed E-state index contributed by atoms with van der Waals surface area (Å²) in [5.74, 6) is 0.0765. The number of hydrogen-bond acceptors (Lipinski definition) is 3. The fraction of sp³-hybridized carbons (Fsp3) is 0.435. The van der Waals surface area contributed by atoms with Crippen molar-refractivity contribution in [3.8, 4) is 0 Å². The molecule has 1 N–H and O–H groups in total. The van der Waals surface area contributed by atoms with Crippen LogP contribution in [0.5, 0.6) is 0 Å². The van der Waals surface area contributed by atoms with Gasteiger partial charge in [-0.2, -0.15) is 0 Å². The van der Waals surface area contributed by atoms with Gasteiger partial charge in [0.15, 0.2) is 0 Å². The average molecular weight is 366 g/mol. The van der Waals surface area contributed by atoms with Crippen LogP contribution >= 0.6 is 0 Å². The van der Waals surface area contributed by atoms with Gasteiger partial charge >= 0.3 is 0 Å². The SMILES string of the molecule is Cc1cccc(N2CCN([C@H](C)C(=O)Nc3c(C)cccc3C)CC2)c1C. The summed E-state index contributed by atoms with van der Waals surface area (Å²) in [6, 6.07) is 12.5. The van der Waals surface area contributed by atoms with Crippen LogP contribution in [0.4, 0.5) is 11.4 Å². The van der Waals surface area contributed by atoms with Crippen molar-refractivity contribution in [2.75, 3.05) is 36.4 Å². The second kappa shape index (κ2) is 8.13. The van der Waals surface area contributed by atoms with Crippen LogP contribution in [0.3, 0.4) is 0 Å². The van der Waals surface area contributed by atoms with E-state index in [0.29, 0.717) is 0 Å². The van der Waals surface area contributed by atoms with Gasteiger partial charge in [-0.15, -0.1) is 0 Å². The van der Waals surface area contributed by atoms with Crippen LogP contribution < -0.4 is 10.2 Å². The molecule has 0 spiro atoms. The first-order chi connectivity index (χ1) is 12.9. The number of piperazine rings is 1. The van der Waals surface area contributed by atoms with Crippen molar-refractivity contribution >= 4 is 17.3 Å². The lowest BCUT2D eigenvalue weighted by Crippen LogP contribution is -2.53. The fourth-order valence-corrected chi connectivity index (χ4v) is 3.83. The number of aryl methyl sites for hydroxylation is 3. The molecule has 0 bridgehead atoms. The highest BCUT2D eigenvalue weighted by atomic mass is 16.2. The number of nitrogens with zero attached hydrogens (tertiary/aromatic N) is 2. The molecule has 144 valence electrons. The van der Waals surface area contributed by atoms with E-state index in [1.54, 1.807) is 0 Å². The number of rotatable bonds is 4. The zero-order valence-corrected chi connectivity index (χ0v) is 17.2.